The number of nitrogens with one attached hydrogen (secondary N) is 2. The first-order chi connectivity index (χ1) is 14.2. The van der Waals surface area contributed by atoms with Gasteiger partial charge in [-0.05, 0) is 56.0 Å². The number of H-pyrrole nitrogens is 1. The number of hydrogen-bond acceptors (Lipinski definition) is 6. The van der Waals surface area contributed by atoms with Crippen molar-refractivity contribution in [2.24, 2.45) is 5.92 Å². The summed E-state index contributed by atoms with van der Waals surface area (Å²) in [7, 11) is 0. The molecule has 2 aromatic rings. The number of aromatic nitrogens is 2. The highest BCUT2D eigenvalue weighted by molar-refractivity contribution is 7.98. The van der Waals surface area contributed by atoms with Crippen LogP contribution in [0.4, 0.5) is 5.95 Å². The van der Waals surface area contributed by atoms with Crippen LogP contribution in [-0.4, -0.2) is 41.1 Å². The second kappa shape index (κ2) is 9.67. The fourth-order valence-electron chi connectivity index (χ4n) is 3.83. The number of anilines is 1. The van der Waals surface area contributed by atoms with Crippen molar-refractivity contribution in [1.29, 1.82) is 0 Å². The van der Waals surface area contributed by atoms with Crippen molar-refractivity contribution in [2.45, 2.75) is 44.2 Å². The van der Waals surface area contributed by atoms with E-state index in [2.05, 4.69) is 45.3 Å². The van der Waals surface area contributed by atoms with Crippen LogP contribution in [0.15, 0.2) is 29.1 Å². The van der Waals surface area contributed by atoms with Gasteiger partial charge in [-0.2, -0.15) is 11.8 Å². The Hall–Kier alpha value is -1.99. The fraction of sp³-hybridized carbons (Fsp3) is 0.545. The molecule has 6 nitrogen and oxygen atoms in total. The number of benzene rings is 1. The third kappa shape index (κ3) is 5.54. The molecule has 0 radical (unpaired) electrons. The second-order valence-electron chi connectivity index (χ2n) is 8.07. The maximum absolute atomic E-state index is 12.0. The van der Waals surface area contributed by atoms with Gasteiger partial charge in [-0.25, -0.2) is 4.98 Å². The Morgan fingerprint density at radius 3 is 3.03 bits per heavy atom. The highest BCUT2D eigenvalue weighted by atomic mass is 32.2. The summed E-state index contributed by atoms with van der Waals surface area (Å²) in [5.41, 5.74) is 3.03. The monoisotopic (exact) mass is 414 g/mol. The molecule has 1 fully saturated rings. The molecule has 1 aromatic heterocycles. The summed E-state index contributed by atoms with van der Waals surface area (Å²) in [5, 5.41) is 3.21. The fourth-order valence-corrected chi connectivity index (χ4v) is 4.86. The zero-order valence-electron chi connectivity index (χ0n) is 17.1. The van der Waals surface area contributed by atoms with Crippen LogP contribution in [0, 0.1) is 5.92 Å². The van der Waals surface area contributed by atoms with Crippen LogP contribution in [0.1, 0.15) is 43.0 Å². The van der Waals surface area contributed by atoms with E-state index < -0.39 is 0 Å². The molecule has 0 spiro atoms. The average Bonchev–Trinajstić information content (AvgIpc) is 3.19. The predicted octanol–water partition coefficient (Wildman–Crippen LogP) is 3.63. The molecule has 156 valence electrons. The number of ether oxygens (including phenoxy) is 1. The SMILES string of the molecule is CC1CCN(Cc2cccc(OCCCNc3nc4c(c(=O)[nH]3)CSC4)c2)CC1. The van der Waals surface area contributed by atoms with Gasteiger partial charge in [0.15, 0.2) is 0 Å². The molecule has 2 N–H and O–H groups in total. The second-order valence-corrected chi connectivity index (χ2v) is 9.05. The molecule has 0 amide bonds. The van der Waals surface area contributed by atoms with E-state index >= 15 is 0 Å². The summed E-state index contributed by atoms with van der Waals surface area (Å²) in [5.74, 6) is 3.94. The number of aromatic amines is 1. The van der Waals surface area contributed by atoms with Gasteiger partial charge in [-0.1, -0.05) is 19.1 Å². The minimum atomic E-state index is -0.0151. The van der Waals surface area contributed by atoms with E-state index in [0.717, 1.165) is 47.4 Å². The number of nitrogens with zero attached hydrogens (tertiary/aromatic N) is 2. The first kappa shape index (κ1) is 20.3. The minimum Gasteiger partial charge on any atom is -0.494 e. The highest BCUT2D eigenvalue weighted by Crippen LogP contribution is 2.25. The van der Waals surface area contributed by atoms with Gasteiger partial charge < -0.3 is 10.1 Å². The summed E-state index contributed by atoms with van der Waals surface area (Å²) in [6.07, 6.45) is 3.43. The van der Waals surface area contributed by atoms with Crippen molar-refractivity contribution < 1.29 is 4.74 Å². The van der Waals surface area contributed by atoms with Crippen LogP contribution >= 0.6 is 11.8 Å². The van der Waals surface area contributed by atoms with E-state index in [1.165, 1.54) is 31.5 Å². The molecule has 0 bridgehead atoms. The van der Waals surface area contributed by atoms with Gasteiger partial charge in [-0.3, -0.25) is 14.7 Å². The molecule has 0 atom stereocenters. The van der Waals surface area contributed by atoms with Crippen LogP contribution in [0.25, 0.3) is 0 Å². The van der Waals surface area contributed by atoms with Gasteiger partial charge in [0, 0.05) is 30.2 Å². The van der Waals surface area contributed by atoms with Crippen molar-refractivity contribution in [1.82, 2.24) is 14.9 Å². The van der Waals surface area contributed by atoms with Crippen molar-refractivity contribution in [3.05, 3.63) is 51.4 Å². The van der Waals surface area contributed by atoms with Gasteiger partial charge >= 0.3 is 0 Å². The van der Waals surface area contributed by atoms with Crippen molar-refractivity contribution in [3.63, 3.8) is 0 Å². The normalized spacial score (nSPS) is 17.3. The van der Waals surface area contributed by atoms with Crippen molar-refractivity contribution in [2.75, 3.05) is 31.6 Å². The zero-order valence-corrected chi connectivity index (χ0v) is 17.9. The Morgan fingerprint density at radius 1 is 1.31 bits per heavy atom. The standard InChI is InChI=1S/C22H30N4O2S/c1-16-6-9-26(10-7-16)13-17-4-2-5-18(12-17)28-11-3-8-23-22-24-20-15-29-14-19(20)21(27)25-22/h2,4-5,12,16H,3,6-11,13-15H2,1H3,(H2,23,24,25,27). The molecule has 1 aromatic carbocycles. The number of rotatable bonds is 8. The van der Waals surface area contributed by atoms with Gasteiger partial charge in [0.1, 0.15) is 5.75 Å². The summed E-state index contributed by atoms with van der Waals surface area (Å²) >= 11 is 1.73. The number of fused-ring (bicyclic) bond motifs is 1. The maximum atomic E-state index is 12.0. The molecule has 1 saturated heterocycles. The van der Waals surface area contributed by atoms with E-state index in [0.29, 0.717) is 19.1 Å². The molecule has 2 aliphatic rings. The van der Waals surface area contributed by atoms with Crippen molar-refractivity contribution in [3.8, 4) is 5.75 Å². The lowest BCUT2D eigenvalue weighted by Gasteiger charge is -2.30. The quantitative estimate of drug-likeness (QED) is 0.643. The third-order valence-electron chi connectivity index (χ3n) is 5.65. The first-order valence-corrected chi connectivity index (χ1v) is 11.7. The van der Waals surface area contributed by atoms with Crippen molar-refractivity contribution >= 4 is 17.7 Å². The molecule has 4 rings (SSSR count). The van der Waals surface area contributed by atoms with Gasteiger partial charge in [0.2, 0.25) is 5.95 Å². The Balaban J connectivity index is 1.20. The lowest BCUT2D eigenvalue weighted by Crippen LogP contribution is -2.32. The molecule has 0 saturated carbocycles. The predicted molar refractivity (Wildman–Crippen MR) is 119 cm³/mol. The third-order valence-corrected chi connectivity index (χ3v) is 6.62. The van der Waals surface area contributed by atoms with E-state index in [-0.39, 0.29) is 5.56 Å². The number of hydrogen-bond donors (Lipinski definition) is 2. The van der Waals surface area contributed by atoms with Crippen LogP contribution in [0.3, 0.4) is 0 Å². The lowest BCUT2D eigenvalue weighted by molar-refractivity contribution is 0.185. The van der Waals surface area contributed by atoms with Gasteiger partial charge in [0.05, 0.1) is 12.3 Å². The summed E-state index contributed by atoms with van der Waals surface area (Å²) < 4.78 is 5.93. The van der Waals surface area contributed by atoms with Crippen LogP contribution in [-0.2, 0) is 18.1 Å². The summed E-state index contributed by atoms with van der Waals surface area (Å²) in [4.78, 5) is 21.9. The van der Waals surface area contributed by atoms with Gasteiger partial charge in [-0.15, -0.1) is 0 Å². The number of thioether (sulfide) groups is 1. The Kier molecular flexibility index (Phi) is 6.77. The number of likely N-dealkylation sites (tertiary alicyclic amines) is 1. The van der Waals surface area contributed by atoms with E-state index in [9.17, 15) is 4.79 Å². The molecular weight excluding hydrogens is 384 g/mol. The molecule has 29 heavy (non-hydrogen) atoms. The molecular formula is C22H30N4O2S. The summed E-state index contributed by atoms with van der Waals surface area (Å²) in [6.45, 7) is 7.06. The van der Waals surface area contributed by atoms with E-state index in [4.69, 9.17) is 4.74 Å². The van der Waals surface area contributed by atoms with E-state index in [1.807, 2.05) is 6.07 Å². The lowest BCUT2D eigenvalue weighted by atomic mass is 9.99. The van der Waals surface area contributed by atoms with Gasteiger partial charge in [0.25, 0.3) is 5.56 Å². The van der Waals surface area contributed by atoms with Crippen LogP contribution in [0.2, 0.25) is 0 Å². The maximum Gasteiger partial charge on any atom is 0.256 e. The molecule has 7 heteroatoms. The topological polar surface area (TPSA) is 70.2 Å². The Morgan fingerprint density at radius 2 is 2.17 bits per heavy atom. The average molecular weight is 415 g/mol. The summed E-state index contributed by atoms with van der Waals surface area (Å²) in [6, 6.07) is 8.43. The molecule has 3 heterocycles. The number of piperidine rings is 1. The molecule has 2 aliphatic heterocycles. The molecule has 0 aliphatic carbocycles. The first-order valence-electron chi connectivity index (χ1n) is 10.5. The highest BCUT2D eigenvalue weighted by Gasteiger charge is 2.17. The van der Waals surface area contributed by atoms with E-state index in [1.54, 1.807) is 11.8 Å². The van der Waals surface area contributed by atoms with Crippen LogP contribution in [0.5, 0.6) is 5.75 Å². The minimum absolute atomic E-state index is 0.0151. The largest absolute Gasteiger partial charge is 0.494 e. The van der Waals surface area contributed by atoms with Crippen LogP contribution < -0.4 is 15.6 Å². The Bertz CT molecular complexity index is 877. The Labute approximate surface area is 176 Å². The smallest absolute Gasteiger partial charge is 0.256 e. The zero-order chi connectivity index (χ0) is 20.1. The molecule has 0 unspecified atom stereocenters.